The minimum absolute atomic E-state index is 0.0666. The van der Waals surface area contributed by atoms with Crippen LogP contribution < -0.4 is 15.5 Å². The number of nitrogens with one attached hydrogen (secondary N) is 2. The van der Waals surface area contributed by atoms with Crippen molar-refractivity contribution >= 4 is 35.0 Å². The summed E-state index contributed by atoms with van der Waals surface area (Å²) in [7, 11) is 0. The van der Waals surface area contributed by atoms with Crippen LogP contribution in [0.3, 0.4) is 0 Å². The van der Waals surface area contributed by atoms with Gasteiger partial charge in [0.1, 0.15) is 17.7 Å². The molecule has 42 heavy (non-hydrogen) atoms. The molecule has 2 N–H and O–H groups in total. The molecule has 0 radical (unpaired) electrons. The molecule has 3 aromatic carbocycles. The zero-order chi connectivity index (χ0) is 29.4. The van der Waals surface area contributed by atoms with Gasteiger partial charge in [-0.2, -0.15) is 0 Å². The number of hydrogen-bond donors (Lipinski definition) is 2. The number of anilines is 2. The molecule has 0 aliphatic carbocycles. The third kappa shape index (κ3) is 5.35. The highest BCUT2D eigenvalue weighted by molar-refractivity contribution is 6.25. The largest absolute Gasteiger partial charge is 0.380 e. The van der Waals surface area contributed by atoms with Crippen molar-refractivity contribution in [2.45, 2.75) is 32.0 Å². The lowest BCUT2D eigenvalue weighted by molar-refractivity contribution is -0.136. The Hall–Kier alpha value is -4.64. The number of imide groups is 2. The highest BCUT2D eigenvalue weighted by Gasteiger charge is 2.45. The van der Waals surface area contributed by atoms with Crippen LogP contribution in [0.1, 0.15) is 44.7 Å². The summed E-state index contributed by atoms with van der Waals surface area (Å²) in [4.78, 5) is 55.4. The van der Waals surface area contributed by atoms with Crippen LogP contribution in [0, 0.1) is 11.6 Å². The van der Waals surface area contributed by atoms with Gasteiger partial charge in [0.05, 0.1) is 16.8 Å². The van der Waals surface area contributed by atoms with E-state index in [-0.39, 0.29) is 24.0 Å². The van der Waals surface area contributed by atoms with Gasteiger partial charge in [-0.05, 0) is 41.8 Å². The Morgan fingerprint density at radius 2 is 1.60 bits per heavy atom. The first-order valence-corrected chi connectivity index (χ1v) is 13.9. The zero-order valence-electron chi connectivity index (χ0n) is 22.7. The van der Waals surface area contributed by atoms with Crippen LogP contribution in [-0.4, -0.2) is 65.6 Å². The summed E-state index contributed by atoms with van der Waals surface area (Å²) < 4.78 is 27.4. The zero-order valence-corrected chi connectivity index (χ0v) is 22.7. The fourth-order valence-corrected chi connectivity index (χ4v) is 5.76. The number of carbonyl (C=O) groups is 4. The molecule has 4 amide bonds. The number of rotatable bonds is 7. The maximum Gasteiger partial charge on any atom is 0.264 e. The van der Waals surface area contributed by atoms with Crippen molar-refractivity contribution < 1.29 is 28.0 Å². The van der Waals surface area contributed by atoms with Crippen LogP contribution in [0.5, 0.6) is 0 Å². The van der Waals surface area contributed by atoms with E-state index in [2.05, 4.69) is 15.5 Å². The van der Waals surface area contributed by atoms with E-state index in [4.69, 9.17) is 0 Å². The Morgan fingerprint density at radius 3 is 2.31 bits per heavy atom. The van der Waals surface area contributed by atoms with E-state index in [9.17, 15) is 28.0 Å². The first-order valence-electron chi connectivity index (χ1n) is 13.9. The van der Waals surface area contributed by atoms with E-state index in [1.807, 2.05) is 29.2 Å². The Balaban J connectivity index is 1.05. The topological polar surface area (TPSA) is 102 Å². The second kappa shape index (κ2) is 11.3. The summed E-state index contributed by atoms with van der Waals surface area (Å²) in [5, 5.41) is 5.47. The molecule has 2 saturated heterocycles. The predicted octanol–water partition coefficient (Wildman–Crippen LogP) is 3.30. The second-order valence-corrected chi connectivity index (χ2v) is 10.7. The average molecular weight is 574 g/mol. The Labute approximate surface area is 241 Å². The van der Waals surface area contributed by atoms with E-state index in [1.54, 1.807) is 18.2 Å². The van der Waals surface area contributed by atoms with E-state index in [0.29, 0.717) is 31.0 Å². The quantitative estimate of drug-likeness (QED) is 0.419. The summed E-state index contributed by atoms with van der Waals surface area (Å²) in [5.41, 5.74) is 3.48. The SMILES string of the molecule is O=C1CCC(N2C(=O)c3cccc(NCc4ccc(CN5CCN(c6ccc(F)cc6F)CC5)cc4)c3C2=O)C(=O)N1. The van der Waals surface area contributed by atoms with Gasteiger partial charge in [0.2, 0.25) is 11.8 Å². The van der Waals surface area contributed by atoms with Crippen molar-refractivity contribution in [1.82, 2.24) is 15.1 Å². The first-order chi connectivity index (χ1) is 20.3. The average Bonchev–Trinajstić information content (AvgIpc) is 3.23. The van der Waals surface area contributed by atoms with Crippen molar-refractivity contribution in [3.05, 3.63) is 94.6 Å². The maximum atomic E-state index is 14.2. The number of piperidine rings is 1. The van der Waals surface area contributed by atoms with E-state index in [1.165, 1.54) is 12.1 Å². The monoisotopic (exact) mass is 573 g/mol. The van der Waals surface area contributed by atoms with Crippen LogP contribution in [0.4, 0.5) is 20.2 Å². The molecule has 11 heteroatoms. The molecule has 1 atom stereocenters. The van der Waals surface area contributed by atoms with Gasteiger partial charge in [0.25, 0.3) is 11.8 Å². The van der Waals surface area contributed by atoms with E-state index >= 15 is 0 Å². The summed E-state index contributed by atoms with van der Waals surface area (Å²) in [6, 6.07) is 15.7. The minimum atomic E-state index is -1.01. The van der Waals surface area contributed by atoms with Gasteiger partial charge in [-0.25, -0.2) is 8.78 Å². The molecule has 216 valence electrons. The van der Waals surface area contributed by atoms with Crippen LogP contribution in [0.25, 0.3) is 0 Å². The Bertz CT molecular complexity index is 1570. The second-order valence-electron chi connectivity index (χ2n) is 10.7. The maximum absolute atomic E-state index is 14.2. The summed E-state index contributed by atoms with van der Waals surface area (Å²) >= 11 is 0. The van der Waals surface area contributed by atoms with E-state index < -0.39 is 41.3 Å². The molecule has 9 nitrogen and oxygen atoms in total. The Kier molecular flexibility index (Phi) is 7.42. The van der Waals surface area contributed by atoms with Crippen molar-refractivity contribution in [3.63, 3.8) is 0 Å². The van der Waals surface area contributed by atoms with Crippen molar-refractivity contribution in [3.8, 4) is 0 Å². The normalized spacial score (nSPS) is 19.2. The van der Waals surface area contributed by atoms with Crippen molar-refractivity contribution in [1.29, 1.82) is 0 Å². The highest BCUT2D eigenvalue weighted by atomic mass is 19.1. The van der Waals surface area contributed by atoms with Crippen LogP contribution in [0.15, 0.2) is 60.7 Å². The fraction of sp³-hybridized carbons (Fsp3) is 0.290. The third-order valence-corrected chi connectivity index (χ3v) is 8.00. The lowest BCUT2D eigenvalue weighted by atomic mass is 10.0. The van der Waals surface area contributed by atoms with Crippen LogP contribution in [0.2, 0.25) is 0 Å². The Morgan fingerprint density at radius 1 is 0.857 bits per heavy atom. The molecule has 3 aliphatic rings. The predicted molar refractivity (Wildman–Crippen MR) is 151 cm³/mol. The summed E-state index contributed by atoms with van der Waals surface area (Å²) in [6.07, 6.45) is 0.171. The smallest absolute Gasteiger partial charge is 0.264 e. The van der Waals surface area contributed by atoms with Gasteiger partial charge in [0.15, 0.2) is 0 Å². The molecule has 0 spiro atoms. The van der Waals surface area contributed by atoms with Gasteiger partial charge in [0, 0.05) is 57.4 Å². The number of piperazine rings is 1. The molecule has 1 unspecified atom stereocenters. The molecule has 3 aliphatic heterocycles. The van der Waals surface area contributed by atoms with Gasteiger partial charge in [-0.15, -0.1) is 0 Å². The number of nitrogens with zero attached hydrogens (tertiary/aromatic N) is 3. The molecule has 2 fully saturated rings. The summed E-state index contributed by atoms with van der Waals surface area (Å²) in [6.45, 7) is 3.96. The molecule has 3 heterocycles. The molecule has 0 bridgehead atoms. The standard InChI is InChI=1S/C31H29F2N5O4/c32-21-8-9-25(23(33)16-21)37-14-12-36(13-15-37)18-20-6-4-19(5-7-20)17-34-24-3-1-2-22-28(24)31(42)38(30(22)41)26-10-11-27(39)35-29(26)40/h1-9,16,26,34H,10-15,17-18H2,(H,35,39,40). The van der Waals surface area contributed by atoms with Gasteiger partial charge in [-0.3, -0.25) is 34.3 Å². The summed E-state index contributed by atoms with van der Waals surface area (Å²) in [5.74, 6) is -3.27. The lowest BCUT2D eigenvalue weighted by Crippen LogP contribution is -2.54. The van der Waals surface area contributed by atoms with Gasteiger partial charge < -0.3 is 10.2 Å². The number of amides is 4. The minimum Gasteiger partial charge on any atom is -0.380 e. The number of fused-ring (bicyclic) bond motifs is 1. The molecule has 3 aromatic rings. The fourth-order valence-electron chi connectivity index (χ4n) is 5.76. The third-order valence-electron chi connectivity index (χ3n) is 8.00. The van der Waals surface area contributed by atoms with Crippen molar-refractivity contribution in [2.24, 2.45) is 0 Å². The number of hydrogen-bond acceptors (Lipinski definition) is 7. The molecule has 0 saturated carbocycles. The van der Waals surface area contributed by atoms with Gasteiger partial charge in [-0.1, -0.05) is 30.3 Å². The number of benzene rings is 3. The lowest BCUT2D eigenvalue weighted by Gasteiger charge is -2.36. The first kappa shape index (κ1) is 27.5. The van der Waals surface area contributed by atoms with Crippen LogP contribution in [-0.2, 0) is 22.7 Å². The molecular formula is C31H29F2N5O4. The van der Waals surface area contributed by atoms with Gasteiger partial charge >= 0.3 is 0 Å². The molecular weight excluding hydrogens is 544 g/mol. The number of halogens is 2. The van der Waals surface area contributed by atoms with E-state index in [0.717, 1.165) is 41.7 Å². The molecule has 6 rings (SSSR count). The molecule has 0 aromatic heterocycles. The highest BCUT2D eigenvalue weighted by Crippen LogP contribution is 2.32. The van der Waals surface area contributed by atoms with Crippen LogP contribution >= 0.6 is 0 Å². The van der Waals surface area contributed by atoms with Crippen molar-refractivity contribution in [2.75, 3.05) is 36.4 Å². The number of carbonyl (C=O) groups excluding carboxylic acids is 4.